The zero-order chi connectivity index (χ0) is 33.4. The normalized spacial score (nSPS) is 12.7. The van der Waals surface area contributed by atoms with Crippen LogP contribution in [0.25, 0.3) is 0 Å². The number of carbonyl (C=O) groups excluding carboxylic acids is 3. The Morgan fingerprint density at radius 3 is 1.67 bits per heavy atom. The van der Waals surface area contributed by atoms with Gasteiger partial charge in [0.25, 0.3) is 11.4 Å². The van der Waals surface area contributed by atoms with Crippen molar-refractivity contribution in [2.24, 2.45) is 5.92 Å². The Labute approximate surface area is 257 Å². The Morgan fingerprint density at radius 1 is 0.800 bits per heavy atom. The molecule has 3 rings (SSSR count). The van der Waals surface area contributed by atoms with Crippen LogP contribution in [0.4, 0.5) is 32.3 Å². The molecule has 0 spiro atoms. The van der Waals surface area contributed by atoms with Crippen LogP contribution in [-0.2, 0) is 4.79 Å². The van der Waals surface area contributed by atoms with E-state index in [4.69, 9.17) is 4.74 Å². The highest BCUT2D eigenvalue weighted by Crippen LogP contribution is 2.38. The lowest BCUT2D eigenvalue weighted by Gasteiger charge is -2.37. The maximum absolute atomic E-state index is 14.0. The zero-order valence-corrected chi connectivity index (χ0v) is 24.7. The van der Waals surface area contributed by atoms with Gasteiger partial charge in [0.1, 0.15) is 41.0 Å². The summed E-state index contributed by atoms with van der Waals surface area (Å²) in [5, 5.41) is 50.6. The van der Waals surface area contributed by atoms with Gasteiger partial charge in [-0.1, -0.05) is 32.0 Å². The molecule has 0 heterocycles. The lowest BCUT2D eigenvalue weighted by Crippen LogP contribution is -2.60. The van der Waals surface area contributed by atoms with E-state index in [2.05, 4.69) is 10.6 Å². The van der Waals surface area contributed by atoms with Crippen LogP contribution in [0.2, 0.25) is 0 Å². The fraction of sp³-hybridized carbons (Fsp3) is 0.276. The fourth-order valence-electron chi connectivity index (χ4n) is 3.98. The number of rotatable bonds is 11. The van der Waals surface area contributed by atoms with Gasteiger partial charge in [0.15, 0.2) is 0 Å². The van der Waals surface area contributed by atoms with Crippen molar-refractivity contribution in [3.63, 3.8) is 0 Å². The molecule has 0 radical (unpaired) electrons. The van der Waals surface area contributed by atoms with Gasteiger partial charge < -0.3 is 30.4 Å². The van der Waals surface area contributed by atoms with Crippen LogP contribution in [0.5, 0.6) is 17.2 Å². The standard InChI is InChI=1S/C29H32N6O10/c1-17(2)23(16-36)31-29(40)33(25-13-11-21(35(43)44)15-27(25)38)32(24-12-10-20(34(41)42)14-26(24)37)28(39)30-18(3)19(4)45-22-8-6-5-7-9-22/h5-19,23,37-38H,1-4H3,(H,30,39)(H,31,40). The number of benzene rings is 3. The number of nitrogens with one attached hydrogen (secondary N) is 2. The molecule has 16 heteroatoms. The minimum Gasteiger partial charge on any atom is -0.505 e. The second kappa shape index (κ2) is 14.5. The molecule has 16 nitrogen and oxygen atoms in total. The number of carbonyl (C=O) groups is 3. The number of hydrogen-bond acceptors (Lipinski definition) is 10. The smallest absolute Gasteiger partial charge is 0.342 e. The van der Waals surface area contributed by atoms with Crippen molar-refractivity contribution in [2.45, 2.75) is 45.9 Å². The van der Waals surface area contributed by atoms with E-state index in [-0.39, 0.29) is 0 Å². The minimum atomic E-state index is -1.17. The first-order valence-electron chi connectivity index (χ1n) is 13.6. The van der Waals surface area contributed by atoms with Gasteiger partial charge in [-0.2, -0.15) is 10.0 Å². The number of aromatic hydroxyl groups is 2. The van der Waals surface area contributed by atoms with Gasteiger partial charge in [0.2, 0.25) is 0 Å². The number of urea groups is 2. The number of hydrogen-bond donors (Lipinski definition) is 4. The maximum Gasteiger partial charge on any atom is 0.342 e. The van der Waals surface area contributed by atoms with E-state index < -0.39 is 80.3 Å². The Kier molecular flexibility index (Phi) is 10.8. The van der Waals surface area contributed by atoms with Crippen LogP contribution >= 0.6 is 0 Å². The molecular weight excluding hydrogens is 592 g/mol. The molecule has 0 aliphatic heterocycles. The predicted molar refractivity (Wildman–Crippen MR) is 162 cm³/mol. The van der Waals surface area contributed by atoms with E-state index in [1.54, 1.807) is 58.0 Å². The number of nitro groups is 2. The number of ether oxygens (including phenoxy) is 1. The van der Waals surface area contributed by atoms with E-state index in [1.165, 1.54) is 0 Å². The van der Waals surface area contributed by atoms with Gasteiger partial charge in [0, 0.05) is 12.1 Å². The summed E-state index contributed by atoms with van der Waals surface area (Å²) in [4.78, 5) is 60.7. The number of nitro benzene ring substituents is 2. The number of para-hydroxylation sites is 1. The predicted octanol–water partition coefficient (Wildman–Crippen LogP) is 4.64. The van der Waals surface area contributed by atoms with Gasteiger partial charge in [-0.25, -0.2) is 9.59 Å². The molecule has 45 heavy (non-hydrogen) atoms. The molecule has 4 N–H and O–H groups in total. The Balaban J connectivity index is 2.17. The summed E-state index contributed by atoms with van der Waals surface area (Å²) in [6.45, 7) is 6.52. The van der Waals surface area contributed by atoms with Crippen molar-refractivity contribution in [2.75, 3.05) is 10.0 Å². The summed E-state index contributed by atoms with van der Waals surface area (Å²) in [6.07, 6.45) is -0.200. The third-order valence-corrected chi connectivity index (χ3v) is 6.66. The topological polar surface area (TPSA) is 218 Å². The molecule has 0 aliphatic rings. The van der Waals surface area contributed by atoms with E-state index in [0.717, 1.165) is 36.4 Å². The third kappa shape index (κ3) is 8.13. The van der Waals surface area contributed by atoms with Gasteiger partial charge in [-0.3, -0.25) is 20.2 Å². The molecule has 0 saturated heterocycles. The number of anilines is 2. The summed E-state index contributed by atoms with van der Waals surface area (Å²) in [5.41, 5.74) is -2.01. The average molecular weight is 625 g/mol. The third-order valence-electron chi connectivity index (χ3n) is 6.66. The number of phenolic OH excluding ortho intramolecular Hbond substituents is 2. The highest BCUT2D eigenvalue weighted by atomic mass is 16.6. The largest absolute Gasteiger partial charge is 0.505 e. The molecular formula is C29H32N6O10. The summed E-state index contributed by atoms with van der Waals surface area (Å²) in [5.74, 6) is -1.55. The van der Waals surface area contributed by atoms with Crippen LogP contribution in [0.15, 0.2) is 66.7 Å². The monoisotopic (exact) mass is 624 g/mol. The first kappa shape index (κ1) is 33.6. The lowest BCUT2D eigenvalue weighted by atomic mass is 10.1. The van der Waals surface area contributed by atoms with Gasteiger partial charge in [-0.05, 0) is 44.0 Å². The van der Waals surface area contributed by atoms with Crippen molar-refractivity contribution in [1.29, 1.82) is 0 Å². The van der Waals surface area contributed by atoms with E-state index in [0.29, 0.717) is 22.1 Å². The summed E-state index contributed by atoms with van der Waals surface area (Å²) < 4.78 is 5.88. The minimum absolute atomic E-state index is 0.426. The number of phenols is 2. The quantitative estimate of drug-likeness (QED) is 0.132. The summed E-state index contributed by atoms with van der Waals surface area (Å²) in [6, 6.07) is 9.96. The second-order valence-corrected chi connectivity index (χ2v) is 10.2. The molecule has 3 aromatic rings. The molecule has 0 fully saturated rings. The van der Waals surface area contributed by atoms with Crippen LogP contribution < -0.4 is 25.4 Å². The molecule has 4 amide bonds. The van der Waals surface area contributed by atoms with Crippen molar-refractivity contribution in [1.82, 2.24) is 10.6 Å². The van der Waals surface area contributed by atoms with Crippen molar-refractivity contribution in [3.8, 4) is 17.2 Å². The molecule has 0 saturated carbocycles. The van der Waals surface area contributed by atoms with Crippen LogP contribution in [0, 0.1) is 26.1 Å². The zero-order valence-electron chi connectivity index (χ0n) is 24.7. The van der Waals surface area contributed by atoms with Crippen LogP contribution in [0.1, 0.15) is 27.7 Å². The molecule has 0 aliphatic carbocycles. The highest BCUT2D eigenvalue weighted by molar-refractivity contribution is 6.07. The molecule has 0 aromatic heterocycles. The van der Waals surface area contributed by atoms with Crippen molar-refractivity contribution in [3.05, 3.63) is 87.0 Å². The van der Waals surface area contributed by atoms with E-state index in [1.807, 2.05) is 0 Å². The van der Waals surface area contributed by atoms with Gasteiger partial charge in [0.05, 0.1) is 34.1 Å². The molecule has 238 valence electrons. The first-order chi connectivity index (χ1) is 21.2. The van der Waals surface area contributed by atoms with Gasteiger partial charge >= 0.3 is 12.1 Å². The van der Waals surface area contributed by atoms with Crippen molar-refractivity contribution >= 4 is 41.1 Å². The Bertz CT molecular complexity index is 1570. The maximum atomic E-state index is 14.0. The van der Waals surface area contributed by atoms with Gasteiger partial charge in [-0.15, -0.1) is 0 Å². The Hall–Kier alpha value is -5.93. The average Bonchev–Trinajstić information content (AvgIpc) is 2.99. The SMILES string of the molecule is CC(C)C(C=O)NC(=O)N(c1ccc([N+](=O)[O-])cc1O)N(C(=O)NC(C)C(C)Oc1ccccc1)c1ccc([N+](=O)[O-])cc1O. The number of aldehydes is 1. The number of nitrogens with zero attached hydrogens (tertiary/aromatic N) is 4. The van der Waals surface area contributed by atoms with Crippen LogP contribution in [0.3, 0.4) is 0 Å². The number of hydrazine groups is 1. The Morgan fingerprint density at radius 2 is 1.27 bits per heavy atom. The number of amides is 4. The van der Waals surface area contributed by atoms with E-state index in [9.17, 15) is 44.8 Å². The molecule has 0 bridgehead atoms. The highest BCUT2D eigenvalue weighted by Gasteiger charge is 2.36. The molecule has 3 atom stereocenters. The summed E-state index contributed by atoms with van der Waals surface area (Å²) >= 11 is 0. The van der Waals surface area contributed by atoms with E-state index >= 15 is 0 Å². The molecule has 3 unspecified atom stereocenters. The number of non-ortho nitro benzene ring substituents is 2. The second-order valence-electron chi connectivity index (χ2n) is 10.2. The van der Waals surface area contributed by atoms with Crippen molar-refractivity contribution < 1.29 is 39.2 Å². The fourth-order valence-corrected chi connectivity index (χ4v) is 3.98. The summed E-state index contributed by atoms with van der Waals surface area (Å²) in [7, 11) is 0. The molecule has 3 aromatic carbocycles. The first-order valence-corrected chi connectivity index (χ1v) is 13.6. The van der Waals surface area contributed by atoms with Crippen LogP contribution in [-0.4, -0.2) is 56.6 Å². The lowest BCUT2D eigenvalue weighted by molar-refractivity contribution is -0.385.